The van der Waals surface area contributed by atoms with Gasteiger partial charge in [0.25, 0.3) is 5.91 Å². The summed E-state index contributed by atoms with van der Waals surface area (Å²) in [6.45, 7) is 0.296. The Morgan fingerprint density at radius 3 is 2.39 bits per heavy atom. The summed E-state index contributed by atoms with van der Waals surface area (Å²) in [6.07, 6.45) is 4.03. The highest BCUT2D eigenvalue weighted by Gasteiger charge is 2.23. The van der Waals surface area contributed by atoms with Crippen molar-refractivity contribution in [2.24, 2.45) is 5.92 Å². The molecule has 2 amide bonds. The van der Waals surface area contributed by atoms with Gasteiger partial charge in [0.2, 0.25) is 5.91 Å². The second-order valence-electron chi connectivity index (χ2n) is 7.41. The third-order valence-corrected chi connectivity index (χ3v) is 5.08. The van der Waals surface area contributed by atoms with E-state index in [4.69, 9.17) is 0 Å². The lowest BCUT2D eigenvalue weighted by Gasteiger charge is -2.19. The Kier molecular flexibility index (Phi) is 6.29. The zero-order valence-electron chi connectivity index (χ0n) is 16.3. The van der Waals surface area contributed by atoms with Crippen LogP contribution in [-0.2, 0) is 11.3 Å². The van der Waals surface area contributed by atoms with E-state index in [0.717, 1.165) is 36.9 Å². The van der Waals surface area contributed by atoms with Crippen LogP contribution in [0.2, 0.25) is 0 Å². The van der Waals surface area contributed by atoms with E-state index in [0.29, 0.717) is 17.8 Å². The predicted octanol–water partition coefficient (Wildman–Crippen LogP) is 3.95. The fourth-order valence-corrected chi connectivity index (χ4v) is 3.50. The van der Waals surface area contributed by atoms with Crippen LogP contribution >= 0.6 is 0 Å². The molecular formula is C22H26FN3O2. The van der Waals surface area contributed by atoms with Gasteiger partial charge in [-0.3, -0.25) is 9.59 Å². The first kappa shape index (κ1) is 19.9. The van der Waals surface area contributed by atoms with Crippen molar-refractivity contribution >= 4 is 23.2 Å². The molecule has 0 unspecified atom stereocenters. The number of benzene rings is 2. The number of anilines is 2. The molecule has 0 heterocycles. The maximum absolute atomic E-state index is 13.0. The van der Waals surface area contributed by atoms with E-state index in [1.165, 1.54) is 12.1 Å². The lowest BCUT2D eigenvalue weighted by atomic mass is 10.1. The van der Waals surface area contributed by atoms with Gasteiger partial charge in [0.1, 0.15) is 5.82 Å². The van der Waals surface area contributed by atoms with E-state index in [2.05, 4.69) is 10.6 Å². The van der Waals surface area contributed by atoms with Gasteiger partial charge in [-0.25, -0.2) is 4.39 Å². The Bertz CT molecular complexity index is 843. The molecule has 148 valence electrons. The number of rotatable bonds is 6. The molecule has 0 radical (unpaired) electrons. The lowest BCUT2D eigenvalue weighted by molar-refractivity contribution is -0.119. The minimum absolute atomic E-state index is 0.0211. The van der Waals surface area contributed by atoms with Crippen LogP contribution in [0.4, 0.5) is 15.8 Å². The number of halogens is 1. The lowest BCUT2D eigenvalue weighted by Crippen LogP contribution is -2.26. The number of hydrogen-bond donors (Lipinski definition) is 2. The molecule has 0 aliphatic heterocycles. The van der Waals surface area contributed by atoms with Crippen LogP contribution < -0.4 is 15.5 Å². The van der Waals surface area contributed by atoms with Gasteiger partial charge in [-0.05, 0) is 48.7 Å². The third kappa shape index (κ3) is 4.88. The second-order valence-corrected chi connectivity index (χ2v) is 7.41. The van der Waals surface area contributed by atoms with Crippen molar-refractivity contribution in [1.29, 1.82) is 0 Å². The third-order valence-electron chi connectivity index (χ3n) is 5.08. The zero-order valence-corrected chi connectivity index (χ0v) is 16.3. The average molecular weight is 383 g/mol. The van der Waals surface area contributed by atoms with Crippen LogP contribution in [-0.4, -0.2) is 25.9 Å². The zero-order chi connectivity index (χ0) is 20.1. The summed E-state index contributed by atoms with van der Waals surface area (Å²) >= 11 is 0. The summed E-state index contributed by atoms with van der Waals surface area (Å²) < 4.78 is 13.0. The molecule has 0 bridgehead atoms. The van der Waals surface area contributed by atoms with Crippen LogP contribution in [0.25, 0.3) is 0 Å². The topological polar surface area (TPSA) is 61.4 Å². The number of amides is 2. The van der Waals surface area contributed by atoms with E-state index < -0.39 is 0 Å². The van der Waals surface area contributed by atoms with Crippen LogP contribution in [0.5, 0.6) is 0 Å². The second kappa shape index (κ2) is 8.87. The SMILES string of the molecule is CN(C)c1ccc(NC(=O)C2CCCC2)cc1C(=O)NCc1ccc(F)cc1. The van der Waals surface area contributed by atoms with Crippen molar-refractivity contribution < 1.29 is 14.0 Å². The molecule has 6 heteroatoms. The first-order valence-corrected chi connectivity index (χ1v) is 9.59. The van der Waals surface area contributed by atoms with Crippen LogP contribution in [0.15, 0.2) is 42.5 Å². The number of carbonyl (C=O) groups excluding carboxylic acids is 2. The molecule has 0 saturated heterocycles. The van der Waals surface area contributed by atoms with Crippen molar-refractivity contribution in [1.82, 2.24) is 5.32 Å². The highest BCUT2D eigenvalue weighted by Crippen LogP contribution is 2.27. The van der Waals surface area contributed by atoms with Crippen LogP contribution in [0.1, 0.15) is 41.6 Å². The van der Waals surface area contributed by atoms with E-state index in [9.17, 15) is 14.0 Å². The van der Waals surface area contributed by atoms with Crippen LogP contribution in [0, 0.1) is 11.7 Å². The van der Waals surface area contributed by atoms with E-state index >= 15 is 0 Å². The largest absolute Gasteiger partial charge is 0.377 e. The van der Waals surface area contributed by atoms with Crippen molar-refractivity contribution in [3.63, 3.8) is 0 Å². The average Bonchev–Trinajstić information content (AvgIpc) is 3.22. The monoisotopic (exact) mass is 383 g/mol. The van der Waals surface area contributed by atoms with Crippen LogP contribution in [0.3, 0.4) is 0 Å². The fourth-order valence-electron chi connectivity index (χ4n) is 3.50. The van der Waals surface area contributed by atoms with Gasteiger partial charge in [-0.15, -0.1) is 0 Å². The molecule has 1 aliphatic rings. The molecule has 0 aromatic heterocycles. The van der Waals surface area contributed by atoms with Gasteiger partial charge >= 0.3 is 0 Å². The molecule has 2 aromatic rings. The summed E-state index contributed by atoms with van der Waals surface area (Å²) in [5.41, 5.74) is 2.67. The molecular weight excluding hydrogens is 357 g/mol. The number of hydrogen-bond acceptors (Lipinski definition) is 3. The number of carbonyl (C=O) groups is 2. The summed E-state index contributed by atoms with van der Waals surface area (Å²) in [6, 6.07) is 11.4. The van der Waals surface area contributed by atoms with E-state index in [-0.39, 0.29) is 23.5 Å². The molecule has 5 nitrogen and oxygen atoms in total. The highest BCUT2D eigenvalue weighted by molar-refractivity contribution is 6.02. The Hall–Kier alpha value is -2.89. The van der Waals surface area contributed by atoms with Crippen molar-refractivity contribution in [2.45, 2.75) is 32.2 Å². The minimum Gasteiger partial charge on any atom is -0.377 e. The normalized spacial score (nSPS) is 14.0. The Morgan fingerprint density at radius 2 is 1.75 bits per heavy atom. The first-order chi connectivity index (χ1) is 13.4. The van der Waals surface area contributed by atoms with Gasteiger partial charge < -0.3 is 15.5 Å². The molecule has 2 aromatic carbocycles. The number of nitrogens with one attached hydrogen (secondary N) is 2. The first-order valence-electron chi connectivity index (χ1n) is 9.59. The van der Waals surface area contributed by atoms with Gasteiger partial charge in [0.15, 0.2) is 0 Å². The van der Waals surface area contributed by atoms with Crippen molar-refractivity contribution in [2.75, 3.05) is 24.3 Å². The Balaban J connectivity index is 1.73. The molecule has 1 saturated carbocycles. The Morgan fingerprint density at radius 1 is 1.07 bits per heavy atom. The standard InChI is InChI=1S/C22H26FN3O2/c1-26(2)20-12-11-18(25-21(27)16-5-3-4-6-16)13-19(20)22(28)24-14-15-7-9-17(23)10-8-15/h7-13,16H,3-6,14H2,1-2H3,(H,24,28)(H,25,27). The minimum atomic E-state index is -0.310. The summed E-state index contributed by atoms with van der Waals surface area (Å²) in [4.78, 5) is 27.0. The van der Waals surface area contributed by atoms with E-state index in [1.54, 1.807) is 18.2 Å². The van der Waals surface area contributed by atoms with Gasteiger partial charge in [0, 0.05) is 37.9 Å². The molecule has 0 atom stereocenters. The fraction of sp³-hybridized carbons (Fsp3) is 0.364. The molecule has 0 spiro atoms. The van der Waals surface area contributed by atoms with Crippen molar-refractivity contribution in [3.05, 3.63) is 59.4 Å². The summed E-state index contributed by atoms with van der Waals surface area (Å²) in [7, 11) is 3.73. The smallest absolute Gasteiger partial charge is 0.253 e. The molecule has 2 N–H and O–H groups in total. The van der Waals surface area contributed by atoms with E-state index in [1.807, 2.05) is 31.1 Å². The Labute approximate surface area is 164 Å². The quantitative estimate of drug-likeness (QED) is 0.794. The van der Waals surface area contributed by atoms with Crippen molar-refractivity contribution in [3.8, 4) is 0 Å². The molecule has 3 rings (SSSR count). The maximum atomic E-state index is 13.0. The van der Waals surface area contributed by atoms with Gasteiger partial charge in [0.05, 0.1) is 5.56 Å². The summed E-state index contributed by atoms with van der Waals surface area (Å²) in [5, 5.41) is 5.81. The maximum Gasteiger partial charge on any atom is 0.253 e. The summed E-state index contributed by atoms with van der Waals surface area (Å²) in [5.74, 6) is -0.474. The molecule has 28 heavy (non-hydrogen) atoms. The predicted molar refractivity (Wildman–Crippen MR) is 109 cm³/mol. The van der Waals surface area contributed by atoms with Gasteiger partial charge in [-0.1, -0.05) is 25.0 Å². The van der Waals surface area contributed by atoms with Gasteiger partial charge in [-0.2, -0.15) is 0 Å². The molecule has 1 aliphatic carbocycles. The highest BCUT2D eigenvalue weighted by atomic mass is 19.1. The molecule has 1 fully saturated rings. The number of nitrogens with zero attached hydrogens (tertiary/aromatic N) is 1.